The molecule has 0 atom stereocenters. The molecule has 4 nitrogen and oxygen atoms in total. The number of rotatable bonds is 8. The zero-order valence-electron chi connectivity index (χ0n) is 33.2. The van der Waals surface area contributed by atoms with Crippen molar-refractivity contribution in [1.82, 2.24) is 19.7 Å². The number of fused-ring (bicyclic) bond motifs is 3. The van der Waals surface area contributed by atoms with Crippen LogP contribution in [0.3, 0.4) is 0 Å². The molecule has 9 aromatic carbocycles. The minimum Gasteiger partial charge on any atom is -0.232 e. The Morgan fingerprint density at radius 3 is 1.38 bits per heavy atom. The molecule has 0 saturated carbocycles. The van der Waals surface area contributed by atoms with Gasteiger partial charge >= 0.3 is 0 Å². The highest BCUT2D eigenvalue weighted by Crippen LogP contribution is 2.44. The molecule has 0 aliphatic heterocycles. The van der Waals surface area contributed by atoms with Crippen LogP contribution in [0.4, 0.5) is 0 Å². The summed E-state index contributed by atoms with van der Waals surface area (Å²) in [7, 11) is 0. The normalized spacial score (nSPS) is 11.3. The molecule has 0 aliphatic carbocycles. The van der Waals surface area contributed by atoms with E-state index < -0.39 is 0 Å². The lowest BCUT2D eigenvalue weighted by Gasteiger charge is -2.15. The van der Waals surface area contributed by atoms with E-state index in [9.17, 15) is 0 Å². The lowest BCUT2D eigenvalue weighted by molar-refractivity contribution is 0.918. The average Bonchev–Trinajstić information content (AvgIpc) is 3.76. The van der Waals surface area contributed by atoms with Crippen LogP contribution >= 0.6 is 0 Å². The van der Waals surface area contributed by atoms with Crippen molar-refractivity contribution in [3.05, 3.63) is 231 Å². The maximum absolute atomic E-state index is 5.43. The third-order valence-corrected chi connectivity index (χ3v) is 11.5. The number of para-hydroxylation sites is 1. The SMILES string of the molecule is c1ccc(-c2ccc(-c3cc(-c4cccc5c4cc(-c4ccccc4)c4c(-c6ccccc6)nn(-c6ccccc6)c45)nc(-c4ccc(-c5ccccc5)cc4)n3)cc2)cc1. The summed E-state index contributed by atoms with van der Waals surface area (Å²) in [5, 5.41) is 8.70. The lowest BCUT2D eigenvalue weighted by Crippen LogP contribution is -1.98. The van der Waals surface area contributed by atoms with Crippen LogP contribution < -0.4 is 0 Å². The van der Waals surface area contributed by atoms with E-state index in [1.54, 1.807) is 0 Å². The summed E-state index contributed by atoms with van der Waals surface area (Å²) in [6, 6.07) is 80.9. The Labute approximate surface area is 354 Å². The van der Waals surface area contributed by atoms with E-state index in [1.165, 1.54) is 11.1 Å². The average molecular weight is 779 g/mol. The first kappa shape index (κ1) is 35.9. The molecule has 0 saturated heterocycles. The fraction of sp³-hybridized carbons (Fsp3) is 0. The van der Waals surface area contributed by atoms with Gasteiger partial charge in [0.1, 0.15) is 5.69 Å². The Morgan fingerprint density at radius 1 is 0.311 bits per heavy atom. The first-order valence-electron chi connectivity index (χ1n) is 20.6. The molecular weight excluding hydrogens is 741 g/mol. The zero-order valence-corrected chi connectivity index (χ0v) is 33.2. The van der Waals surface area contributed by atoms with Gasteiger partial charge in [0, 0.05) is 33.0 Å². The molecule has 0 aliphatic rings. The van der Waals surface area contributed by atoms with Gasteiger partial charge in [0.05, 0.1) is 22.6 Å². The van der Waals surface area contributed by atoms with E-state index in [4.69, 9.17) is 15.1 Å². The number of hydrogen-bond acceptors (Lipinski definition) is 3. The molecule has 61 heavy (non-hydrogen) atoms. The van der Waals surface area contributed by atoms with Gasteiger partial charge in [-0.3, -0.25) is 0 Å². The molecule has 0 N–H and O–H groups in total. The van der Waals surface area contributed by atoms with Gasteiger partial charge in [0.15, 0.2) is 5.82 Å². The van der Waals surface area contributed by atoms with Crippen LogP contribution in [0, 0.1) is 0 Å². The van der Waals surface area contributed by atoms with Gasteiger partial charge in [0.25, 0.3) is 0 Å². The van der Waals surface area contributed by atoms with Gasteiger partial charge in [-0.25, -0.2) is 14.6 Å². The van der Waals surface area contributed by atoms with Crippen molar-refractivity contribution >= 4 is 21.7 Å². The van der Waals surface area contributed by atoms with Gasteiger partial charge in [-0.2, -0.15) is 5.10 Å². The van der Waals surface area contributed by atoms with Gasteiger partial charge in [-0.1, -0.05) is 206 Å². The molecule has 0 spiro atoms. The standard InChI is InChI=1S/C57H38N4/c1-6-17-39(18-7-1)41-29-33-44(34-30-41)52-38-53(59-57(58-52)46-35-31-42(32-36-46)40-19-8-2-9-20-40)48-27-16-28-49-51(48)37-50(43-21-10-3-11-22-43)54-55(45-23-12-4-13-24-45)60-61(56(49)54)47-25-14-5-15-26-47/h1-38H. The van der Waals surface area contributed by atoms with Crippen LogP contribution in [0.1, 0.15) is 0 Å². The second-order valence-corrected chi connectivity index (χ2v) is 15.2. The molecule has 0 bridgehead atoms. The molecule has 0 unspecified atom stereocenters. The van der Waals surface area contributed by atoms with Crippen molar-refractivity contribution in [3.8, 4) is 84.2 Å². The monoisotopic (exact) mass is 778 g/mol. The molecule has 286 valence electrons. The van der Waals surface area contributed by atoms with Gasteiger partial charge < -0.3 is 0 Å². The molecule has 0 amide bonds. The van der Waals surface area contributed by atoms with Crippen molar-refractivity contribution < 1.29 is 0 Å². The molecule has 4 heteroatoms. The molecule has 11 aromatic rings. The highest BCUT2D eigenvalue weighted by molar-refractivity contribution is 6.19. The molecular formula is C57H38N4. The maximum atomic E-state index is 5.43. The zero-order chi connectivity index (χ0) is 40.5. The van der Waals surface area contributed by atoms with Crippen LogP contribution in [-0.4, -0.2) is 19.7 Å². The van der Waals surface area contributed by atoms with E-state index in [0.717, 1.165) is 89.0 Å². The Balaban J connectivity index is 1.16. The molecule has 2 aromatic heterocycles. The Bertz CT molecular complexity index is 3190. The van der Waals surface area contributed by atoms with E-state index in [2.05, 4.69) is 217 Å². The van der Waals surface area contributed by atoms with E-state index in [0.29, 0.717) is 5.82 Å². The van der Waals surface area contributed by atoms with Crippen molar-refractivity contribution in [1.29, 1.82) is 0 Å². The Morgan fingerprint density at radius 2 is 0.787 bits per heavy atom. The van der Waals surface area contributed by atoms with Crippen molar-refractivity contribution in [3.63, 3.8) is 0 Å². The molecule has 2 heterocycles. The number of aromatic nitrogens is 4. The fourth-order valence-corrected chi connectivity index (χ4v) is 8.46. The van der Waals surface area contributed by atoms with Crippen LogP contribution in [0.25, 0.3) is 106 Å². The Kier molecular flexibility index (Phi) is 9.14. The summed E-state index contributed by atoms with van der Waals surface area (Å²) in [6.45, 7) is 0. The van der Waals surface area contributed by atoms with Crippen molar-refractivity contribution in [2.45, 2.75) is 0 Å². The van der Waals surface area contributed by atoms with Crippen LogP contribution in [0.15, 0.2) is 231 Å². The minimum absolute atomic E-state index is 0.668. The number of nitrogens with zero attached hydrogens (tertiary/aromatic N) is 4. The molecule has 0 fully saturated rings. The Hall–Kier alpha value is -8.21. The summed E-state index contributed by atoms with van der Waals surface area (Å²) in [5.41, 5.74) is 15.6. The summed E-state index contributed by atoms with van der Waals surface area (Å²) in [5.74, 6) is 0.668. The molecule has 11 rings (SSSR count). The third-order valence-electron chi connectivity index (χ3n) is 11.5. The first-order chi connectivity index (χ1) is 30.2. The minimum atomic E-state index is 0.668. The van der Waals surface area contributed by atoms with Crippen molar-refractivity contribution in [2.24, 2.45) is 0 Å². The second kappa shape index (κ2) is 15.5. The highest BCUT2D eigenvalue weighted by atomic mass is 15.3. The summed E-state index contributed by atoms with van der Waals surface area (Å²) in [4.78, 5) is 10.7. The number of benzene rings is 9. The van der Waals surface area contributed by atoms with E-state index >= 15 is 0 Å². The fourth-order valence-electron chi connectivity index (χ4n) is 8.46. The summed E-state index contributed by atoms with van der Waals surface area (Å²) < 4.78 is 2.12. The predicted molar refractivity (Wildman–Crippen MR) is 252 cm³/mol. The van der Waals surface area contributed by atoms with Gasteiger partial charge in [-0.05, 0) is 63.0 Å². The largest absolute Gasteiger partial charge is 0.232 e. The van der Waals surface area contributed by atoms with E-state index in [-0.39, 0.29) is 0 Å². The predicted octanol–water partition coefficient (Wildman–Crippen LogP) is 14.6. The lowest BCUT2D eigenvalue weighted by atomic mass is 9.91. The summed E-state index contributed by atoms with van der Waals surface area (Å²) in [6.07, 6.45) is 0. The van der Waals surface area contributed by atoms with E-state index in [1.807, 2.05) is 18.2 Å². The third kappa shape index (κ3) is 6.76. The first-order valence-corrected chi connectivity index (χ1v) is 20.6. The summed E-state index contributed by atoms with van der Waals surface area (Å²) >= 11 is 0. The highest BCUT2D eigenvalue weighted by Gasteiger charge is 2.23. The molecule has 0 radical (unpaired) electrons. The van der Waals surface area contributed by atoms with Gasteiger partial charge in [-0.15, -0.1) is 0 Å². The topological polar surface area (TPSA) is 43.6 Å². The van der Waals surface area contributed by atoms with Crippen LogP contribution in [0.5, 0.6) is 0 Å². The maximum Gasteiger partial charge on any atom is 0.160 e. The van der Waals surface area contributed by atoms with Crippen LogP contribution in [0.2, 0.25) is 0 Å². The number of hydrogen-bond donors (Lipinski definition) is 0. The second-order valence-electron chi connectivity index (χ2n) is 15.2. The van der Waals surface area contributed by atoms with Crippen LogP contribution in [-0.2, 0) is 0 Å². The quantitative estimate of drug-likeness (QED) is 0.154. The van der Waals surface area contributed by atoms with Gasteiger partial charge in [0.2, 0.25) is 0 Å². The van der Waals surface area contributed by atoms with Crippen molar-refractivity contribution in [2.75, 3.05) is 0 Å². The smallest absolute Gasteiger partial charge is 0.160 e.